The molecule has 5 aliphatic rings. The van der Waals surface area contributed by atoms with E-state index in [0.29, 0.717) is 24.7 Å². The summed E-state index contributed by atoms with van der Waals surface area (Å²) in [6, 6.07) is 9.70. The molecular formula is C34H45NO6. The number of ether oxygens (including phenoxy) is 4. The third-order valence-corrected chi connectivity index (χ3v) is 11.4. The molecule has 4 unspecified atom stereocenters. The van der Waals surface area contributed by atoms with Crippen LogP contribution in [0.3, 0.4) is 0 Å². The largest absolute Gasteiger partial charge is 0.468 e. The van der Waals surface area contributed by atoms with Gasteiger partial charge in [0.1, 0.15) is 12.6 Å². The van der Waals surface area contributed by atoms with E-state index in [1.807, 2.05) is 31.2 Å². The van der Waals surface area contributed by atoms with Crippen LogP contribution in [0.25, 0.3) is 0 Å². The summed E-state index contributed by atoms with van der Waals surface area (Å²) in [5.74, 6) is -0.671. The van der Waals surface area contributed by atoms with Crippen LogP contribution in [-0.2, 0) is 34.3 Å². The van der Waals surface area contributed by atoms with Crippen LogP contribution in [0.2, 0.25) is 0 Å². The Balaban J connectivity index is 1.29. The highest BCUT2D eigenvalue weighted by Crippen LogP contribution is 2.64. The Labute approximate surface area is 244 Å². The van der Waals surface area contributed by atoms with Gasteiger partial charge >= 0.3 is 11.9 Å². The Morgan fingerprint density at radius 1 is 1.15 bits per heavy atom. The number of cyclic esters (lactones) is 1. The van der Waals surface area contributed by atoms with Crippen molar-refractivity contribution < 1.29 is 28.5 Å². The van der Waals surface area contributed by atoms with Gasteiger partial charge in [0.25, 0.3) is 0 Å². The molecule has 8 atom stereocenters. The molecule has 7 heteroatoms. The quantitative estimate of drug-likeness (QED) is 0.332. The van der Waals surface area contributed by atoms with E-state index in [2.05, 4.69) is 37.5 Å². The van der Waals surface area contributed by atoms with Crippen molar-refractivity contribution in [1.29, 1.82) is 0 Å². The Morgan fingerprint density at radius 2 is 1.93 bits per heavy atom. The molecule has 0 radical (unpaired) electrons. The number of carbonyl (C=O) groups is 2. The van der Waals surface area contributed by atoms with Gasteiger partial charge in [-0.2, -0.15) is 0 Å². The summed E-state index contributed by atoms with van der Waals surface area (Å²) in [6.45, 7) is 13.1. The number of fused-ring (bicyclic) bond motifs is 3. The van der Waals surface area contributed by atoms with Gasteiger partial charge in [-0.3, -0.25) is 9.69 Å². The van der Waals surface area contributed by atoms with E-state index in [4.69, 9.17) is 18.9 Å². The Bertz CT molecular complexity index is 1230. The van der Waals surface area contributed by atoms with Crippen LogP contribution in [-0.4, -0.2) is 61.9 Å². The van der Waals surface area contributed by atoms with E-state index in [0.717, 1.165) is 57.1 Å². The number of esters is 2. The maximum absolute atomic E-state index is 12.9. The third-order valence-electron chi connectivity index (χ3n) is 11.4. The Hall–Kier alpha value is -2.48. The summed E-state index contributed by atoms with van der Waals surface area (Å²) >= 11 is 0. The van der Waals surface area contributed by atoms with Crippen molar-refractivity contribution in [3.63, 3.8) is 0 Å². The highest BCUT2D eigenvalue weighted by molar-refractivity contribution is 5.92. The van der Waals surface area contributed by atoms with Gasteiger partial charge in [-0.25, -0.2) is 4.79 Å². The van der Waals surface area contributed by atoms with E-state index in [1.54, 1.807) is 0 Å². The minimum Gasteiger partial charge on any atom is -0.468 e. The first-order valence-electron chi connectivity index (χ1n) is 15.4. The normalized spacial score (nSPS) is 39.9. The molecule has 3 aliphatic heterocycles. The molecule has 7 nitrogen and oxygen atoms in total. The number of rotatable bonds is 6. The molecule has 2 aliphatic carbocycles. The molecule has 0 aromatic heterocycles. The van der Waals surface area contributed by atoms with Gasteiger partial charge in [-0.1, -0.05) is 56.3 Å². The standard InChI is InChI=1S/C34H45NO6/c1-22-13-14-28-32(2,17-15-29-33(28,3)21-40-34(4,41-29)23-10-7-6-8-11-23)25(22)20-27(24-16-19-39-30(24)36)35-18-9-12-26(35)31(37)38-5/h6-8,10-11,16,25-29H,1,9,12-15,17-21H2,2-5H3/t25-,26?,27?,28?,29+,32+,33-,34?/m0/s1. The lowest BCUT2D eigenvalue weighted by Crippen LogP contribution is -2.63. The molecule has 41 heavy (non-hydrogen) atoms. The van der Waals surface area contributed by atoms with E-state index >= 15 is 0 Å². The third kappa shape index (κ3) is 4.68. The zero-order chi connectivity index (χ0) is 29.0. The molecule has 0 spiro atoms. The smallest absolute Gasteiger partial charge is 0.335 e. The molecule has 2 saturated heterocycles. The van der Waals surface area contributed by atoms with Crippen molar-refractivity contribution in [2.24, 2.45) is 22.7 Å². The molecule has 1 aromatic rings. The molecule has 4 fully saturated rings. The number of likely N-dealkylation sites (tertiary alicyclic amines) is 1. The second kappa shape index (κ2) is 10.7. The highest BCUT2D eigenvalue weighted by atomic mass is 16.7. The van der Waals surface area contributed by atoms with E-state index < -0.39 is 5.79 Å². The number of hydrogen-bond donors (Lipinski definition) is 0. The summed E-state index contributed by atoms with van der Waals surface area (Å²) in [5.41, 5.74) is 2.82. The number of hydrogen-bond acceptors (Lipinski definition) is 7. The van der Waals surface area contributed by atoms with Gasteiger partial charge in [-0.05, 0) is 81.7 Å². The molecule has 222 valence electrons. The number of carbonyl (C=O) groups excluding carboxylic acids is 2. The molecular weight excluding hydrogens is 518 g/mol. The lowest BCUT2D eigenvalue weighted by atomic mass is 9.45. The maximum atomic E-state index is 12.9. The van der Waals surface area contributed by atoms with Crippen LogP contribution in [0.15, 0.2) is 54.1 Å². The fraction of sp³-hybridized carbons (Fsp3) is 0.647. The van der Waals surface area contributed by atoms with Gasteiger partial charge in [0.2, 0.25) is 0 Å². The van der Waals surface area contributed by atoms with E-state index in [9.17, 15) is 9.59 Å². The van der Waals surface area contributed by atoms with Crippen molar-refractivity contribution in [2.45, 2.75) is 89.7 Å². The molecule has 3 heterocycles. The minimum absolute atomic E-state index is 0.0321. The summed E-state index contributed by atoms with van der Waals surface area (Å²) < 4.78 is 24.0. The van der Waals surface area contributed by atoms with Crippen LogP contribution < -0.4 is 0 Å². The van der Waals surface area contributed by atoms with Crippen molar-refractivity contribution in [1.82, 2.24) is 4.90 Å². The molecule has 6 rings (SSSR count). The SMILES string of the molecule is C=C1CCC2[C@]3(C)COC(C)(c4ccccc4)O[C@@H]3CC[C@]2(C)[C@H]1CC(C1=CCOC1=O)N1CCCC1C(=O)OC. The fourth-order valence-electron chi connectivity index (χ4n) is 9.15. The van der Waals surface area contributed by atoms with E-state index in [-0.39, 0.29) is 46.9 Å². The van der Waals surface area contributed by atoms with Crippen molar-refractivity contribution in [2.75, 3.05) is 26.9 Å². The summed E-state index contributed by atoms with van der Waals surface area (Å²) in [6.07, 6.45) is 8.35. The van der Waals surface area contributed by atoms with Crippen LogP contribution in [0.4, 0.5) is 0 Å². The fourth-order valence-corrected chi connectivity index (χ4v) is 9.15. The van der Waals surface area contributed by atoms with Crippen molar-refractivity contribution in [3.05, 3.63) is 59.7 Å². The second-order valence-corrected chi connectivity index (χ2v) is 13.5. The molecule has 0 N–H and O–H groups in total. The van der Waals surface area contributed by atoms with Gasteiger partial charge in [0, 0.05) is 17.0 Å². The van der Waals surface area contributed by atoms with Crippen LogP contribution >= 0.6 is 0 Å². The minimum atomic E-state index is -0.754. The molecule has 0 amide bonds. The summed E-state index contributed by atoms with van der Waals surface area (Å²) in [7, 11) is 1.45. The Morgan fingerprint density at radius 3 is 2.63 bits per heavy atom. The lowest BCUT2D eigenvalue weighted by Gasteiger charge is -2.64. The Kier molecular flexibility index (Phi) is 7.44. The average molecular weight is 564 g/mol. The van der Waals surface area contributed by atoms with Gasteiger partial charge < -0.3 is 18.9 Å². The first-order chi connectivity index (χ1) is 19.6. The van der Waals surface area contributed by atoms with Gasteiger partial charge in [0.15, 0.2) is 5.79 Å². The monoisotopic (exact) mass is 563 g/mol. The van der Waals surface area contributed by atoms with Crippen molar-refractivity contribution in [3.8, 4) is 0 Å². The zero-order valence-electron chi connectivity index (χ0n) is 25.0. The van der Waals surface area contributed by atoms with Crippen LogP contribution in [0.1, 0.15) is 71.3 Å². The molecule has 0 bridgehead atoms. The second-order valence-electron chi connectivity index (χ2n) is 13.5. The number of allylic oxidation sites excluding steroid dienone is 1. The highest BCUT2D eigenvalue weighted by Gasteiger charge is 2.62. The first kappa shape index (κ1) is 28.6. The van der Waals surface area contributed by atoms with Crippen LogP contribution in [0, 0.1) is 22.7 Å². The number of benzene rings is 1. The van der Waals surface area contributed by atoms with Crippen LogP contribution in [0.5, 0.6) is 0 Å². The lowest BCUT2D eigenvalue weighted by molar-refractivity contribution is -0.359. The summed E-state index contributed by atoms with van der Waals surface area (Å²) in [4.78, 5) is 27.9. The predicted octanol–water partition coefficient (Wildman–Crippen LogP) is 5.54. The molecule has 1 aromatic carbocycles. The average Bonchev–Trinajstić information content (AvgIpc) is 3.63. The number of methoxy groups -OCH3 is 1. The van der Waals surface area contributed by atoms with Gasteiger partial charge in [0.05, 0.1) is 25.4 Å². The summed E-state index contributed by atoms with van der Waals surface area (Å²) in [5, 5.41) is 0. The zero-order valence-corrected chi connectivity index (χ0v) is 25.0. The van der Waals surface area contributed by atoms with Crippen molar-refractivity contribution >= 4 is 11.9 Å². The topological polar surface area (TPSA) is 74.3 Å². The number of nitrogens with zero attached hydrogens (tertiary/aromatic N) is 1. The maximum Gasteiger partial charge on any atom is 0.335 e. The predicted molar refractivity (Wildman–Crippen MR) is 155 cm³/mol. The first-order valence-corrected chi connectivity index (χ1v) is 15.4. The van der Waals surface area contributed by atoms with E-state index in [1.165, 1.54) is 12.7 Å². The van der Waals surface area contributed by atoms with Gasteiger partial charge in [-0.15, -0.1) is 0 Å². The molecule has 2 saturated carbocycles.